The number of hydrogen-bond acceptors (Lipinski definition) is 18. The van der Waals surface area contributed by atoms with Crippen LogP contribution in [0.5, 0.6) is 0 Å². The maximum atomic E-state index is 11.9. The van der Waals surface area contributed by atoms with Crippen LogP contribution in [0.3, 0.4) is 0 Å². The highest BCUT2D eigenvalue weighted by Crippen LogP contribution is 2.23. The van der Waals surface area contributed by atoms with Crippen molar-refractivity contribution in [2.45, 2.75) is 82.5 Å². The number of aliphatic carboxylic acids is 2. The minimum absolute atomic E-state index is 0.0652. The third-order valence-electron chi connectivity index (χ3n) is 5.74. The highest BCUT2D eigenvalue weighted by molar-refractivity contribution is 7.82. The van der Waals surface area contributed by atoms with Crippen LogP contribution in [0.2, 0.25) is 0 Å². The summed E-state index contributed by atoms with van der Waals surface area (Å²) in [5, 5.41) is 47.9. The lowest BCUT2D eigenvalue weighted by Crippen LogP contribution is -2.44. The van der Waals surface area contributed by atoms with Crippen molar-refractivity contribution in [2.24, 2.45) is 10.8 Å². The highest BCUT2D eigenvalue weighted by Gasteiger charge is 2.38. The maximum Gasteiger partial charge on any atom is 0.318 e. The first-order valence-corrected chi connectivity index (χ1v) is 17.6. The fourth-order valence-electron chi connectivity index (χ4n) is 2.36. The van der Waals surface area contributed by atoms with Crippen molar-refractivity contribution in [1.29, 1.82) is 0 Å². The van der Waals surface area contributed by atoms with Crippen molar-refractivity contribution in [2.75, 3.05) is 58.6 Å². The summed E-state index contributed by atoms with van der Waals surface area (Å²) in [5.74, 6) is -3.54. The number of thiol groups is 4. The largest absolute Gasteiger partial charge is 0.481 e. The van der Waals surface area contributed by atoms with Gasteiger partial charge in [-0.15, -0.1) is 0 Å². The lowest BCUT2D eigenvalue weighted by atomic mass is 9.92. The molecule has 0 aliphatic heterocycles. The number of rotatable bonds is 21. The number of hydrogen-bond donors (Lipinski definition) is 10. The summed E-state index contributed by atoms with van der Waals surface area (Å²) >= 11 is 15.6. The van der Waals surface area contributed by atoms with E-state index in [1.807, 2.05) is 13.8 Å². The van der Waals surface area contributed by atoms with Gasteiger partial charge in [0.1, 0.15) is 31.8 Å². The van der Waals surface area contributed by atoms with Crippen LogP contribution in [0, 0.1) is 10.8 Å². The first-order chi connectivity index (χ1) is 23.2. The molecule has 296 valence electrons. The van der Waals surface area contributed by atoms with Crippen molar-refractivity contribution in [1.82, 2.24) is 0 Å². The molecule has 0 aromatic carbocycles. The van der Waals surface area contributed by atoms with Gasteiger partial charge in [0, 0.05) is 18.6 Å². The molecule has 0 aliphatic rings. The monoisotopic (exact) mass is 800 g/mol. The van der Waals surface area contributed by atoms with Crippen molar-refractivity contribution in [3.8, 4) is 0 Å². The SMILES string of the molecule is CC(S)C(=O)O.CCCC(=O)O.CCCC(=O)OCC(COC(=O)CCS)(COC(=O)C(C)S)COC(=O)C(C)S.OCC(CO)(CO)CO. The van der Waals surface area contributed by atoms with Gasteiger partial charge in [-0.2, -0.15) is 50.5 Å². The zero-order valence-corrected chi connectivity index (χ0v) is 32.8. The molecule has 0 aromatic rings. The van der Waals surface area contributed by atoms with E-state index >= 15 is 0 Å². The summed E-state index contributed by atoms with van der Waals surface area (Å²) in [6.07, 6.45) is 1.86. The molecule has 0 amide bonds. The minimum Gasteiger partial charge on any atom is -0.481 e. The lowest BCUT2D eigenvalue weighted by molar-refractivity contribution is -0.170. The smallest absolute Gasteiger partial charge is 0.318 e. The quantitative estimate of drug-likeness (QED) is 0.0443. The standard InChI is InChI=1S/C18H30O8S3.C5H12O4.C4H8O2.C3H6O2S/c1-4-5-14(19)23-8-18(9-24-15(20)6-7-27,10-25-16(21)12(2)28)11-26-17(22)13(3)29;6-1-5(2-7,3-8)4-9;1-2-3-4(5)6;1-2(6)3(4)5/h12-13,27-29H,4-11H2,1-3H3;6-9H,1-4H2;2-3H2,1H3,(H,5,6);2,6H,1H3,(H,4,5). The van der Waals surface area contributed by atoms with Gasteiger partial charge in [-0.3, -0.25) is 28.8 Å². The van der Waals surface area contributed by atoms with Gasteiger partial charge < -0.3 is 49.6 Å². The molecule has 50 heavy (non-hydrogen) atoms. The molecule has 0 rings (SSSR count). The number of aliphatic hydroxyl groups excluding tert-OH is 4. The molecule has 16 nitrogen and oxygen atoms in total. The molecular formula is C30H56O16S4. The zero-order valence-electron chi connectivity index (χ0n) is 29.2. The van der Waals surface area contributed by atoms with Gasteiger partial charge in [-0.05, 0) is 33.6 Å². The number of carbonyl (C=O) groups excluding carboxylic acids is 4. The van der Waals surface area contributed by atoms with Crippen LogP contribution in [0.25, 0.3) is 0 Å². The molecule has 20 heteroatoms. The molecule has 0 radical (unpaired) electrons. The van der Waals surface area contributed by atoms with Gasteiger partial charge in [-0.25, -0.2) is 0 Å². The van der Waals surface area contributed by atoms with E-state index in [-0.39, 0.29) is 45.0 Å². The molecular weight excluding hydrogens is 745 g/mol. The van der Waals surface area contributed by atoms with Gasteiger partial charge in [-0.1, -0.05) is 13.8 Å². The second kappa shape index (κ2) is 32.9. The van der Waals surface area contributed by atoms with Crippen molar-refractivity contribution in [3.05, 3.63) is 0 Å². The van der Waals surface area contributed by atoms with Crippen molar-refractivity contribution >= 4 is 86.3 Å². The summed E-state index contributed by atoms with van der Waals surface area (Å²) in [6, 6.07) is 0. The Morgan fingerprint density at radius 3 is 1.08 bits per heavy atom. The number of carbonyl (C=O) groups is 6. The molecule has 0 saturated heterocycles. The minimum atomic E-state index is -1.27. The van der Waals surface area contributed by atoms with E-state index in [0.717, 1.165) is 6.42 Å². The van der Waals surface area contributed by atoms with Crippen molar-refractivity contribution in [3.63, 3.8) is 0 Å². The summed E-state index contributed by atoms with van der Waals surface area (Å²) in [6.45, 7) is 5.42. The molecule has 0 fully saturated rings. The Bertz CT molecular complexity index is 894. The molecule has 0 spiro atoms. The fraction of sp³-hybridized carbons (Fsp3) is 0.800. The highest BCUT2D eigenvalue weighted by atomic mass is 32.1. The molecule has 0 aliphatic carbocycles. The van der Waals surface area contributed by atoms with Crippen LogP contribution in [-0.2, 0) is 47.7 Å². The average Bonchev–Trinajstić information content (AvgIpc) is 3.06. The Hall–Kier alpha value is -1.94. The molecule has 0 saturated carbocycles. The Kier molecular flexibility index (Phi) is 36.1. The number of ether oxygens (including phenoxy) is 4. The first kappa shape index (κ1) is 54.8. The van der Waals surface area contributed by atoms with E-state index in [9.17, 15) is 28.8 Å². The Labute approximate surface area is 315 Å². The van der Waals surface area contributed by atoms with E-state index in [2.05, 4.69) is 50.5 Å². The number of carboxylic acids is 2. The third kappa shape index (κ3) is 30.8. The molecule has 0 bridgehead atoms. The van der Waals surface area contributed by atoms with Gasteiger partial charge in [0.15, 0.2) is 0 Å². The predicted octanol–water partition coefficient (Wildman–Crippen LogP) is 1.10. The second-order valence-corrected chi connectivity index (χ2v) is 13.7. The summed E-state index contributed by atoms with van der Waals surface area (Å²) < 4.78 is 20.9. The topological polar surface area (TPSA) is 261 Å². The molecule has 0 heterocycles. The summed E-state index contributed by atoms with van der Waals surface area (Å²) in [4.78, 5) is 66.6. The Morgan fingerprint density at radius 1 is 0.560 bits per heavy atom. The fourth-order valence-corrected chi connectivity index (χ4v) is 2.69. The Morgan fingerprint density at radius 2 is 0.880 bits per heavy atom. The van der Waals surface area contributed by atoms with Crippen LogP contribution in [0.4, 0.5) is 0 Å². The Balaban J connectivity index is -0.000000404. The van der Waals surface area contributed by atoms with Crippen LogP contribution in [0.15, 0.2) is 0 Å². The molecule has 3 unspecified atom stereocenters. The van der Waals surface area contributed by atoms with E-state index in [1.54, 1.807) is 0 Å². The van der Waals surface area contributed by atoms with Gasteiger partial charge in [0.25, 0.3) is 0 Å². The van der Waals surface area contributed by atoms with E-state index in [4.69, 9.17) is 49.6 Å². The second-order valence-electron chi connectivity index (χ2n) is 10.9. The van der Waals surface area contributed by atoms with Crippen LogP contribution < -0.4 is 0 Å². The lowest BCUT2D eigenvalue weighted by Gasteiger charge is -2.32. The van der Waals surface area contributed by atoms with E-state index in [1.165, 1.54) is 20.8 Å². The average molecular weight is 801 g/mol. The molecule has 6 N–H and O–H groups in total. The summed E-state index contributed by atoms with van der Waals surface area (Å²) in [5.41, 5.74) is -2.38. The first-order valence-electron chi connectivity index (χ1n) is 15.4. The van der Waals surface area contributed by atoms with Gasteiger partial charge in [0.05, 0.1) is 54.0 Å². The normalized spacial score (nSPS) is 13.4. The van der Waals surface area contributed by atoms with E-state index in [0.29, 0.717) is 12.8 Å². The van der Waals surface area contributed by atoms with Crippen LogP contribution in [-0.4, -0.2) is 141 Å². The predicted molar refractivity (Wildman–Crippen MR) is 196 cm³/mol. The third-order valence-corrected chi connectivity index (χ3v) is 6.60. The number of carboxylic acid groups (broad SMARTS) is 2. The maximum absolute atomic E-state index is 11.9. The van der Waals surface area contributed by atoms with Gasteiger partial charge >= 0.3 is 35.8 Å². The van der Waals surface area contributed by atoms with E-state index < -0.39 is 88.8 Å². The van der Waals surface area contributed by atoms with Crippen LogP contribution >= 0.6 is 50.5 Å². The molecule has 3 atom stereocenters. The van der Waals surface area contributed by atoms with Crippen molar-refractivity contribution < 1.29 is 78.4 Å². The number of esters is 4. The zero-order chi connectivity index (χ0) is 39.9. The number of aliphatic hydroxyl groups is 4. The van der Waals surface area contributed by atoms with Gasteiger partial charge in [0.2, 0.25) is 0 Å². The van der Waals surface area contributed by atoms with Crippen LogP contribution in [0.1, 0.15) is 66.7 Å². The molecule has 0 aromatic heterocycles. The summed E-state index contributed by atoms with van der Waals surface area (Å²) in [7, 11) is 0.